The van der Waals surface area contributed by atoms with E-state index in [1.54, 1.807) is 20.8 Å². The monoisotopic (exact) mass is 351 g/mol. The van der Waals surface area contributed by atoms with Gasteiger partial charge in [0.1, 0.15) is 5.75 Å². The first-order valence-corrected chi connectivity index (χ1v) is 8.47. The third-order valence-electron chi connectivity index (χ3n) is 2.72. The van der Waals surface area contributed by atoms with Crippen LogP contribution in [0.1, 0.15) is 20.8 Å². The van der Waals surface area contributed by atoms with Crippen LogP contribution in [-0.4, -0.2) is 23.9 Å². The van der Waals surface area contributed by atoms with Gasteiger partial charge in [-0.1, -0.05) is 0 Å². The number of aromatic nitrogens is 1. The van der Waals surface area contributed by atoms with Gasteiger partial charge in [-0.05, 0) is 61.0 Å². The van der Waals surface area contributed by atoms with Crippen molar-refractivity contribution in [2.45, 2.75) is 31.2 Å². The molecule has 0 saturated heterocycles. The lowest BCUT2D eigenvalue weighted by Crippen LogP contribution is -2.40. The molecule has 0 aliphatic heterocycles. The number of hydrogen-bond acceptors (Lipinski definition) is 6. The van der Waals surface area contributed by atoms with E-state index in [0.29, 0.717) is 11.5 Å². The second kappa shape index (κ2) is 6.54. The molecule has 9 heteroatoms. The number of nitrogens with zero attached hydrogens (tertiary/aromatic N) is 2. The van der Waals surface area contributed by atoms with Crippen LogP contribution in [0.25, 0.3) is 0 Å². The molecule has 1 N–H and O–H groups in total. The van der Waals surface area contributed by atoms with Crippen LogP contribution in [0.4, 0.5) is 5.82 Å². The molecule has 1 aromatic carbocycles. The SMILES string of the molecule is CC(C)(C)NS(=O)(=O)c1ccc(Oc2ccc([N+](=O)[O-])nc2)cc1. The van der Waals surface area contributed by atoms with Crippen LogP contribution >= 0.6 is 0 Å². The van der Waals surface area contributed by atoms with Crippen molar-refractivity contribution in [1.82, 2.24) is 9.71 Å². The van der Waals surface area contributed by atoms with Crippen LogP contribution in [0.5, 0.6) is 11.5 Å². The average Bonchev–Trinajstić information content (AvgIpc) is 2.46. The van der Waals surface area contributed by atoms with E-state index in [4.69, 9.17) is 4.74 Å². The molecule has 0 fully saturated rings. The Kier molecular flexibility index (Phi) is 4.86. The normalized spacial score (nSPS) is 12.0. The zero-order valence-electron chi connectivity index (χ0n) is 13.4. The summed E-state index contributed by atoms with van der Waals surface area (Å²) >= 11 is 0. The third kappa shape index (κ3) is 4.74. The van der Waals surface area contributed by atoms with Crippen molar-refractivity contribution in [1.29, 1.82) is 0 Å². The summed E-state index contributed by atoms with van der Waals surface area (Å²) < 4.78 is 32.4. The first-order valence-electron chi connectivity index (χ1n) is 6.99. The van der Waals surface area contributed by atoms with Crippen LogP contribution in [0.3, 0.4) is 0 Å². The van der Waals surface area contributed by atoms with Gasteiger partial charge in [-0.2, -0.15) is 0 Å². The Labute approximate surface area is 139 Å². The Morgan fingerprint density at radius 1 is 1.08 bits per heavy atom. The Hall–Kier alpha value is -2.52. The lowest BCUT2D eigenvalue weighted by Gasteiger charge is -2.20. The largest absolute Gasteiger partial charge is 0.453 e. The summed E-state index contributed by atoms with van der Waals surface area (Å²) in [6.45, 7) is 5.26. The van der Waals surface area contributed by atoms with Crippen LogP contribution in [0, 0.1) is 10.1 Å². The van der Waals surface area contributed by atoms with Gasteiger partial charge in [-0.25, -0.2) is 13.1 Å². The molecule has 0 saturated carbocycles. The van der Waals surface area contributed by atoms with Crippen molar-refractivity contribution < 1.29 is 18.1 Å². The zero-order chi connectivity index (χ0) is 18.0. The molecule has 2 aromatic rings. The Morgan fingerprint density at radius 2 is 1.67 bits per heavy atom. The number of sulfonamides is 1. The molecule has 0 amide bonds. The number of rotatable bonds is 5. The molecule has 0 aliphatic rings. The zero-order valence-corrected chi connectivity index (χ0v) is 14.2. The van der Waals surface area contributed by atoms with Gasteiger partial charge in [0.25, 0.3) is 0 Å². The molecule has 2 rings (SSSR count). The molecule has 0 aliphatic carbocycles. The highest BCUT2D eigenvalue weighted by Crippen LogP contribution is 2.24. The fourth-order valence-corrected chi connectivity index (χ4v) is 3.24. The van der Waals surface area contributed by atoms with Gasteiger partial charge in [0.15, 0.2) is 11.9 Å². The second-order valence-electron chi connectivity index (χ2n) is 6.04. The van der Waals surface area contributed by atoms with Crippen molar-refractivity contribution in [2.75, 3.05) is 0 Å². The van der Waals surface area contributed by atoms with Gasteiger partial charge in [-0.15, -0.1) is 0 Å². The molecule has 1 heterocycles. The summed E-state index contributed by atoms with van der Waals surface area (Å²) in [5.41, 5.74) is -0.585. The lowest BCUT2D eigenvalue weighted by molar-refractivity contribution is -0.389. The highest BCUT2D eigenvalue weighted by molar-refractivity contribution is 7.89. The lowest BCUT2D eigenvalue weighted by atomic mass is 10.1. The molecule has 8 nitrogen and oxygen atoms in total. The van der Waals surface area contributed by atoms with Crippen LogP contribution in [0.2, 0.25) is 0 Å². The summed E-state index contributed by atoms with van der Waals surface area (Å²) in [5.74, 6) is 0.418. The Balaban J connectivity index is 2.13. The number of hydrogen-bond donors (Lipinski definition) is 1. The van der Waals surface area contributed by atoms with Crippen LogP contribution < -0.4 is 9.46 Å². The maximum Gasteiger partial charge on any atom is 0.363 e. The minimum absolute atomic E-state index is 0.117. The van der Waals surface area contributed by atoms with E-state index in [2.05, 4.69) is 9.71 Å². The summed E-state index contributed by atoms with van der Waals surface area (Å²) in [4.78, 5) is 13.7. The number of pyridine rings is 1. The quantitative estimate of drug-likeness (QED) is 0.655. The predicted octanol–water partition coefficient (Wildman–Crippen LogP) is 2.86. The molecule has 1 aromatic heterocycles. The molecule has 0 bridgehead atoms. The van der Waals surface area contributed by atoms with E-state index in [1.807, 2.05) is 0 Å². The van der Waals surface area contributed by atoms with Crippen molar-refractivity contribution in [3.8, 4) is 11.5 Å². The fraction of sp³-hybridized carbons (Fsp3) is 0.267. The molecule has 128 valence electrons. The summed E-state index contributed by atoms with van der Waals surface area (Å²) in [6.07, 6.45) is 1.23. The number of nitrogens with one attached hydrogen (secondary N) is 1. The van der Waals surface area contributed by atoms with Crippen molar-refractivity contribution >= 4 is 15.8 Å². The van der Waals surface area contributed by atoms with Crippen LogP contribution in [-0.2, 0) is 10.0 Å². The number of benzene rings is 1. The highest BCUT2D eigenvalue weighted by atomic mass is 32.2. The first-order chi connectivity index (χ1) is 11.1. The Morgan fingerprint density at radius 3 is 2.12 bits per heavy atom. The van der Waals surface area contributed by atoms with Gasteiger partial charge in [0, 0.05) is 11.6 Å². The van der Waals surface area contributed by atoms with Crippen molar-refractivity contribution in [3.63, 3.8) is 0 Å². The average molecular weight is 351 g/mol. The van der Waals surface area contributed by atoms with Crippen LogP contribution in [0.15, 0.2) is 47.5 Å². The summed E-state index contributed by atoms with van der Waals surface area (Å²) in [6, 6.07) is 8.47. The maximum atomic E-state index is 12.2. The predicted molar refractivity (Wildman–Crippen MR) is 87.5 cm³/mol. The van der Waals surface area contributed by atoms with E-state index in [1.165, 1.54) is 42.6 Å². The maximum absolute atomic E-state index is 12.2. The molecule has 24 heavy (non-hydrogen) atoms. The van der Waals surface area contributed by atoms with Crippen molar-refractivity contribution in [2.24, 2.45) is 0 Å². The van der Waals surface area contributed by atoms with Gasteiger partial charge < -0.3 is 14.9 Å². The fourth-order valence-electron chi connectivity index (χ4n) is 1.83. The first kappa shape index (κ1) is 17.8. The number of ether oxygens (including phenoxy) is 1. The highest BCUT2D eigenvalue weighted by Gasteiger charge is 2.21. The van der Waals surface area contributed by atoms with Crippen molar-refractivity contribution in [3.05, 3.63) is 52.7 Å². The van der Waals surface area contributed by atoms with E-state index in [9.17, 15) is 18.5 Å². The molecule has 0 spiro atoms. The van der Waals surface area contributed by atoms with Gasteiger partial charge in [0.05, 0.1) is 4.90 Å². The van der Waals surface area contributed by atoms with E-state index < -0.39 is 20.5 Å². The summed E-state index contributed by atoms with van der Waals surface area (Å²) in [5, 5.41) is 10.5. The van der Waals surface area contributed by atoms with Gasteiger partial charge >= 0.3 is 5.82 Å². The topological polar surface area (TPSA) is 111 Å². The number of nitro groups is 1. The van der Waals surface area contributed by atoms with E-state index >= 15 is 0 Å². The molecule has 0 unspecified atom stereocenters. The minimum Gasteiger partial charge on any atom is -0.453 e. The molecular weight excluding hydrogens is 334 g/mol. The summed E-state index contributed by atoms with van der Waals surface area (Å²) in [7, 11) is -3.62. The van der Waals surface area contributed by atoms with Gasteiger partial charge in [-0.3, -0.25) is 0 Å². The van der Waals surface area contributed by atoms with Gasteiger partial charge in [0.2, 0.25) is 10.0 Å². The Bertz CT molecular complexity index is 825. The van der Waals surface area contributed by atoms with E-state index in [0.717, 1.165) is 0 Å². The third-order valence-corrected chi connectivity index (χ3v) is 4.49. The van der Waals surface area contributed by atoms with E-state index in [-0.39, 0.29) is 10.7 Å². The molecule has 0 atom stereocenters. The second-order valence-corrected chi connectivity index (χ2v) is 7.72. The standard InChI is InChI=1S/C15H17N3O5S/c1-15(2,3)17-24(21,22)13-7-4-11(5-8-13)23-12-6-9-14(16-10-12)18(19)20/h4-10,17H,1-3H3. The molecular formula is C15H17N3O5S. The molecule has 0 radical (unpaired) electrons. The smallest absolute Gasteiger partial charge is 0.363 e. The minimum atomic E-state index is -3.62.